The zero-order valence-corrected chi connectivity index (χ0v) is 9.45. The molecule has 84 valence electrons. The van der Waals surface area contributed by atoms with E-state index in [1.54, 1.807) is 24.3 Å². The number of carbonyl (C=O) groups excluding carboxylic acids is 1. The van der Waals surface area contributed by atoms with Crippen molar-refractivity contribution in [2.24, 2.45) is 5.73 Å². The second-order valence-electron chi connectivity index (χ2n) is 4.45. The number of amides is 1. The molecule has 0 saturated heterocycles. The molecule has 3 N–H and O–H groups in total. The number of aromatic nitrogens is 2. The van der Waals surface area contributed by atoms with Crippen LogP contribution < -0.4 is 5.73 Å². The summed E-state index contributed by atoms with van der Waals surface area (Å²) in [6.07, 6.45) is 3.74. The number of aromatic amines is 1. The Kier molecular flexibility index (Phi) is 3.47. The lowest BCUT2D eigenvalue weighted by Crippen LogP contribution is -2.39. The fraction of sp³-hybridized carbons (Fsp3) is 0.600. The summed E-state index contributed by atoms with van der Waals surface area (Å²) in [5, 5.41) is 0. The first-order valence-electron chi connectivity index (χ1n) is 4.89. The summed E-state index contributed by atoms with van der Waals surface area (Å²) in [6.45, 7) is 4.17. The molecular formula is C10H18N4O. The van der Waals surface area contributed by atoms with Crippen LogP contribution in [0.2, 0.25) is 0 Å². The van der Waals surface area contributed by atoms with E-state index in [1.165, 1.54) is 0 Å². The van der Waals surface area contributed by atoms with Crippen LogP contribution in [0.25, 0.3) is 0 Å². The molecule has 5 heteroatoms. The summed E-state index contributed by atoms with van der Waals surface area (Å²) >= 11 is 0. The van der Waals surface area contributed by atoms with Gasteiger partial charge in [-0.15, -0.1) is 0 Å². The minimum atomic E-state index is -0.464. The number of nitrogens with two attached hydrogens (primary N) is 1. The van der Waals surface area contributed by atoms with Gasteiger partial charge in [0.25, 0.3) is 0 Å². The van der Waals surface area contributed by atoms with Crippen molar-refractivity contribution in [3.05, 3.63) is 18.2 Å². The number of hydrogen-bond acceptors (Lipinski definition) is 3. The first kappa shape index (κ1) is 11.7. The minimum absolute atomic E-state index is 0.0268. The molecule has 1 aromatic rings. The minimum Gasteiger partial charge on any atom is -0.347 e. The van der Waals surface area contributed by atoms with Gasteiger partial charge < -0.3 is 15.6 Å². The van der Waals surface area contributed by atoms with Gasteiger partial charge in [0.1, 0.15) is 5.82 Å². The van der Waals surface area contributed by atoms with E-state index >= 15 is 0 Å². The zero-order chi connectivity index (χ0) is 11.5. The molecule has 5 nitrogen and oxygen atoms in total. The molecule has 0 unspecified atom stereocenters. The molecule has 0 saturated carbocycles. The highest BCUT2D eigenvalue weighted by Crippen LogP contribution is 2.07. The number of carbonyl (C=O) groups is 1. The van der Waals surface area contributed by atoms with Crippen molar-refractivity contribution in [3.63, 3.8) is 0 Å². The van der Waals surface area contributed by atoms with Crippen molar-refractivity contribution < 1.29 is 4.79 Å². The van der Waals surface area contributed by atoms with Crippen molar-refractivity contribution in [3.8, 4) is 0 Å². The lowest BCUT2D eigenvalue weighted by atomic mass is 10.0. The Balaban J connectivity index is 2.47. The normalized spacial score (nSPS) is 11.5. The summed E-state index contributed by atoms with van der Waals surface area (Å²) in [4.78, 5) is 20.3. The molecule has 1 amide bonds. The quantitative estimate of drug-likeness (QED) is 0.759. The van der Waals surface area contributed by atoms with Gasteiger partial charge in [-0.3, -0.25) is 4.79 Å². The molecule has 0 atom stereocenters. The van der Waals surface area contributed by atoms with Crippen molar-refractivity contribution >= 4 is 5.91 Å². The Morgan fingerprint density at radius 2 is 2.33 bits per heavy atom. The summed E-state index contributed by atoms with van der Waals surface area (Å²) < 4.78 is 0. The smallest absolute Gasteiger partial charge is 0.224 e. The lowest BCUT2D eigenvalue weighted by molar-refractivity contribution is -0.131. The summed E-state index contributed by atoms with van der Waals surface area (Å²) in [5.74, 6) is 0.805. The van der Waals surface area contributed by atoms with E-state index < -0.39 is 5.54 Å². The van der Waals surface area contributed by atoms with E-state index in [4.69, 9.17) is 5.73 Å². The monoisotopic (exact) mass is 210 g/mol. The molecule has 0 bridgehead atoms. The third-order valence-electron chi connectivity index (χ3n) is 1.97. The van der Waals surface area contributed by atoms with Gasteiger partial charge >= 0.3 is 0 Å². The Morgan fingerprint density at radius 3 is 2.80 bits per heavy atom. The summed E-state index contributed by atoms with van der Waals surface area (Å²) in [5.41, 5.74) is 5.31. The first-order chi connectivity index (χ1) is 6.88. The molecule has 0 spiro atoms. The molecule has 0 fully saturated rings. The van der Waals surface area contributed by atoms with Gasteiger partial charge in [0, 0.05) is 31.4 Å². The van der Waals surface area contributed by atoms with Crippen LogP contribution in [0, 0.1) is 0 Å². The molecular weight excluding hydrogens is 192 g/mol. The van der Waals surface area contributed by atoms with Crippen LogP contribution in [0.3, 0.4) is 0 Å². The average Bonchev–Trinajstić information content (AvgIpc) is 2.53. The molecule has 1 aromatic heterocycles. The van der Waals surface area contributed by atoms with Crippen LogP contribution in [0.5, 0.6) is 0 Å². The number of rotatable bonds is 4. The van der Waals surface area contributed by atoms with E-state index in [0.29, 0.717) is 13.0 Å². The van der Waals surface area contributed by atoms with Gasteiger partial charge in [-0.1, -0.05) is 0 Å². The van der Waals surface area contributed by atoms with Gasteiger partial charge in [0.2, 0.25) is 5.91 Å². The fourth-order valence-electron chi connectivity index (χ4n) is 1.22. The fourth-order valence-corrected chi connectivity index (χ4v) is 1.22. The molecule has 1 heterocycles. The second kappa shape index (κ2) is 4.44. The molecule has 0 aliphatic carbocycles. The van der Waals surface area contributed by atoms with E-state index in [9.17, 15) is 4.79 Å². The Morgan fingerprint density at radius 1 is 1.67 bits per heavy atom. The van der Waals surface area contributed by atoms with Gasteiger partial charge in [0.05, 0.1) is 6.54 Å². The number of hydrogen-bond donors (Lipinski definition) is 2. The van der Waals surface area contributed by atoms with E-state index in [1.807, 2.05) is 13.8 Å². The van der Waals surface area contributed by atoms with Crippen LogP contribution in [0.1, 0.15) is 26.1 Å². The van der Waals surface area contributed by atoms with Crippen molar-refractivity contribution in [2.45, 2.75) is 32.4 Å². The van der Waals surface area contributed by atoms with Crippen LogP contribution in [0.4, 0.5) is 0 Å². The van der Waals surface area contributed by atoms with Crippen LogP contribution in [-0.2, 0) is 11.3 Å². The number of imidazole rings is 1. The van der Waals surface area contributed by atoms with E-state index in [0.717, 1.165) is 5.82 Å². The maximum absolute atomic E-state index is 11.7. The first-order valence-corrected chi connectivity index (χ1v) is 4.89. The molecule has 0 aliphatic heterocycles. The van der Waals surface area contributed by atoms with Gasteiger partial charge in [0.15, 0.2) is 0 Å². The lowest BCUT2D eigenvalue weighted by Gasteiger charge is -2.22. The van der Waals surface area contributed by atoms with Crippen molar-refractivity contribution in [1.82, 2.24) is 14.9 Å². The summed E-state index contributed by atoms with van der Waals surface area (Å²) in [6, 6.07) is 0. The predicted octanol–water partition coefficient (Wildman–Crippen LogP) is 0.496. The van der Waals surface area contributed by atoms with Crippen LogP contribution >= 0.6 is 0 Å². The number of nitrogens with one attached hydrogen (secondary N) is 1. The topological polar surface area (TPSA) is 75.0 Å². The van der Waals surface area contributed by atoms with Gasteiger partial charge in [-0.25, -0.2) is 4.98 Å². The zero-order valence-electron chi connectivity index (χ0n) is 9.45. The largest absolute Gasteiger partial charge is 0.347 e. The third-order valence-corrected chi connectivity index (χ3v) is 1.97. The van der Waals surface area contributed by atoms with Crippen LogP contribution in [-0.4, -0.2) is 33.4 Å². The number of H-pyrrole nitrogens is 1. The highest BCUT2D eigenvalue weighted by Gasteiger charge is 2.19. The van der Waals surface area contributed by atoms with Gasteiger partial charge in [-0.2, -0.15) is 0 Å². The highest BCUT2D eigenvalue weighted by atomic mass is 16.2. The molecule has 15 heavy (non-hydrogen) atoms. The van der Waals surface area contributed by atoms with Crippen molar-refractivity contribution in [1.29, 1.82) is 0 Å². The molecule has 0 aromatic carbocycles. The van der Waals surface area contributed by atoms with Crippen molar-refractivity contribution in [2.75, 3.05) is 7.05 Å². The highest BCUT2D eigenvalue weighted by molar-refractivity contribution is 5.76. The molecule has 1 rings (SSSR count). The average molecular weight is 210 g/mol. The Labute approximate surface area is 89.7 Å². The Bertz CT molecular complexity index is 313. The predicted molar refractivity (Wildman–Crippen MR) is 57.9 cm³/mol. The third kappa shape index (κ3) is 4.12. The molecule has 0 aliphatic rings. The Hall–Kier alpha value is -1.36. The maximum atomic E-state index is 11.7. The second-order valence-corrected chi connectivity index (χ2v) is 4.45. The summed E-state index contributed by atoms with van der Waals surface area (Å²) in [7, 11) is 1.75. The standard InChI is InChI=1S/C10H18N4O/c1-10(2,11)6-9(15)14(3)7-8-12-4-5-13-8/h4-5H,6-7,11H2,1-3H3,(H,12,13). The van der Waals surface area contributed by atoms with Crippen LogP contribution in [0.15, 0.2) is 12.4 Å². The van der Waals surface area contributed by atoms with E-state index in [-0.39, 0.29) is 5.91 Å². The van der Waals surface area contributed by atoms with Gasteiger partial charge in [-0.05, 0) is 13.8 Å². The van der Waals surface area contributed by atoms with E-state index in [2.05, 4.69) is 9.97 Å². The SMILES string of the molecule is CN(Cc1ncc[nH]1)C(=O)CC(C)(C)N. The maximum Gasteiger partial charge on any atom is 0.224 e. The number of nitrogens with zero attached hydrogens (tertiary/aromatic N) is 2. The molecule has 0 radical (unpaired) electrons.